The third-order valence-electron chi connectivity index (χ3n) is 13.4. The maximum absolute atomic E-state index is 2.50. The van der Waals surface area contributed by atoms with Crippen LogP contribution in [0.1, 0.15) is 72.6 Å². The third kappa shape index (κ3) is 5.15. The lowest BCUT2D eigenvalue weighted by Gasteiger charge is -2.24. The number of aromatic nitrogens is 1. The summed E-state index contributed by atoms with van der Waals surface area (Å²) in [4.78, 5) is 0. The SMILES string of the molecule is CC1(C)c2ccccc2-c2cc(CC(c3ccc(-c4ccc5c(c4)c4ccccc4n5-c4ccccc4)cc3)c3ccc4c(c3)-c3ccccc3C4(C)C)ccc21. The molecule has 8 aromatic carbocycles. The van der Waals surface area contributed by atoms with E-state index in [1.807, 2.05) is 0 Å². The molecule has 0 aliphatic heterocycles. The van der Waals surface area contributed by atoms with E-state index in [-0.39, 0.29) is 16.7 Å². The van der Waals surface area contributed by atoms with Crippen molar-refractivity contribution < 1.29 is 0 Å². The van der Waals surface area contributed by atoms with Crippen LogP contribution in [-0.4, -0.2) is 4.57 Å². The Labute approximate surface area is 335 Å². The molecule has 9 aromatic rings. The van der Waals surface area contributed by atoms with Crippen LogP contribution < -0.4 is 0 Å². The van der Waals surface area contributed by atoms with E-state index in [1.54, 1.807) is 0 Å². The molecule has 0 bridgehead atoms. The summed E-state index contributed by atoms with van der Waals surface area (Å²) in [6.45, 7) is 9.47. The lowest BCUT2D eigenvalue weighted by Crippen LogP contribution is -2.15. The molecule has 0 N–H and O–H groups in total. The van der Waals surface area contributed by atoms with Gasteiger partial charge < -0.3 is 4.57 Å². The van der Waals surface area contributed by atoms with E-state index >= 15 is 0 Å². The Morgan fingerprint density at radius 2 is 0.947 bits per heavy atom. The van der Waals surface area contributed by atoms with E-state index in [2.05, 4.69) is 214 Å². The van der Waals surface area contributed by atoms with Crippen LogP contribution in [0.25, 0.3) is 60.9 Å². The fourth-order valence-electron chi connectivity index (χ4n) is 10.4. The van der Waals surface area contributed by atoms with Crippen LogP contribution in [-0.2, 0) is 17.3 Å². The van der Waals surface area contributed by atoms with Gasteiger partial charge in [-0.1, -0.05) is 179 Å². The fourth-order valence-corrected chi connectivity index (χ4v) is 10.4. The molecule has 0 saturated carbocycles. The van der Waals surface area contributed by atoms with Gasteiger partial charge in [0.15, 0.2) is 0 Å². The molecule has 1 heteroatoms. The summed E-state index contributed by atoms with van der Waals surface area (Å²) < 4.78 is 2.39. The zero-order valence-corrected chi connectivity index (χ0v) is 33.1. The first-order valence-corrected chi connectivity index (χ1v) is 20.4. The van der Waals surface area contributed by atoms with Gasteiger partial charge in [0, 0.05) is 33.2 Å². The Hall–Kier alpha value is -6.44. The van der Waals surface area contributed by atoms with Crippen LogP contribution in [0.2, 0.25) is 0 Å². The van der Waals surface area contributed by atoms with Crippen molar-refractivity contribution in [3.8, 4) is 39.1 Å². The first-order chi connectivity index (χ1) is 27.8. The highest BCUT2D eigenvalue weighted by atomic mass is 15.0. The summed E-state index contributed by atoms with van der Waals surface area (Å²) in [5, 5.41) is 2.55. The predicted molar refractivity (Wildman–Crippen MR) is 240 cm³/mol. The van der Waals surface area contributed by atoms with Crippen molar-refractivity contribution in [2.45, 2.75) is 50.9 Å². The number of rotatable bonds is 6. The Bertz CT molecular complexity index is 3030. The van der Waals surface area contributed by atoms with E-state index in [4.69, 9.17) is 0 Å². The Morgan fingerprint density at radius 3 is 1.67 bits per heavy atom. The second-order valence-corrected chi connectivity index (χ2v) is 17.3. The predicted octanol–water partition coefficient (Wildman–Crippen LogP) is 14.4. The molecule has 0 amide bonds. The van der Waals surface area contributed by atoms with Crippen molar-refractivity contribution in [1.29, 1.82) is 0 Å². The van der Waals surface area contributed by atoms with E-state index in [0.717, 1.165) is 6.42 Å². The average Bonchev–Trinajstić information content (AvgIpc) is 3.79. The van der Waals surface area contributed by atoms with Crippen molar-refractivity contribution in [3.05, 3.63) is 221 Å². The Morgan fingerprint density at radius 1 is 0.404 bits per heavy atom. The van der Waals surface area contributed by atoms with Gasteiger partial charge in [-0.25, -0.2) is 0 Å². The second-order valence-electron chi connectivity index (χ2n) is 17.3. The molecule has 11 rings (SSSR count). The minimum absolute atomic E-state index is 0.000658. The Kier molecular flexibility index (Phi) is 7.45. The van der Waals surface area contributed by atoms with Crippen molar-refractivity contribution in [3.63, 3.8) is 0 Å². The summed E-state index contributed by atoms with van der Waals surface area (Å²) in [6, 6.07) is 68.5. The van der Waals surface area contributed by atoms with E-state index in [0.29, 0.717) is 0 Å². The molecule has 0 saturated heterocycles. The highest BCUT2D eigenvalue weighted by Crippen LogP contribution is 2.51. The maximum Gasteiger partial charge on any atom is 0.0541 e. The summed E-state index contributed by atoms with van der Waals surface area (Å²) in [5.41, 5.74) is 21.4. The second kappa shape index (κ2) is 12.5. The van der Waals surface area contributed by atoms with Gasteiger partial charge in [-0.05, 0) is 109 Å². The zero-order valence-electron chi connectivity index (χ0n) is 33.1. The molecule has 0 spiro atoms. The van der Waals surface area contributed by atoms with Gasteiger partial charge in [-0.2, -0.15) is 0 Å². The Balaban J connectivity index is 1.01. The van der Waals surface area contributed by atoms with Crippen LogP contribution in [0.3, 0.4) is 0 Å². The molecule has 1 heterocycles. The lowest BCUT2D eigenvalue weighted by molar-refractivity contribution is 0.659. The third-order valence-corrected chi connectivity index (χ3v) is 13.4. The van der Waals surface area contributed by atoms with Gasteiger partial charge >= 0.3 is 0 Å². The monoisotopic (exact) mass is 731 g/mol. The largest absolute Gasteiger partial charge is 0.309 e. The zero-order chi connectivity index (χ0) is 38.5. The summed E-state index contributed by atoms with van der Waals surface area (Å²) >= 11 is 0. The highest BCUT2D eigenvalue weighted by Gasteiger charge is 2.37. The molecular formula is C56H45N. The standard InChI is InChI=1S/C56H45N/c1-55(2)49-19-11-8-16-42(49)46-33-36(22-29-51(46)55)32-45(40-27-30-52-47(35-40)43-17-9-12-20-50(43)56(52,3)4)38-25-23-37(24-26-38)39-28-31-54-48(34-39)44-18-10-13-21-53(44)57(54)41-14-6-5-7-15-41/h5-31,33-35,45H,32H2,1-4H3. The number of hydrogen-bond acceptors (Lipinski definition) is 0. The molecule has 1 atom stereocenters. The number of nitrogens with zero attached hydrogens (tertiary/aromatic N) is 1. The summed E-state index contributed by atoms with van der Waals surface area (Å²) in [7, 11) is 0. The lowest BCUT2D eigenvalue weighted by atomic mass is 9.80. The number of benzene rings is 8. The molecule has 57 heavy (non-hydrogen) atoms. The number of para-hydroxylation sites is 2. The topological polar surface area (TPSA) is 4.93 Å². The van der Waals surface area contributed by atoms with Gasteiger partial charge in [-0.15, -0.1) is 0 Å². The van der Waals surface area contributed by atoms with Crippen LogP contribution in [0.4, 0.5) is 0 Å². The summed E-state index contributed by atoms with van der Waals surface area (Å²) in [5.74, 6) is 0.189. The van der Waals surface area contributed by atoms with Gasteiger partial charge in [0.25, 0.3) is 0 Å². The molecule has 0 fully saturated rings. The molecule has 2 aliphatic carbocycles. The molecule has 1 nitrogen and oxygen atoms in total. The molecule has 0 radical (unpaired) electrons. The maximum atomic E-state index is 2.50. The van der Waals surface area contributed by atoms with Crippen LogP contribution >= 0.6 is 0 Å². The van der Waals surface area contributed by atoms with Crippen molar-refractivity contribution in [2.24, 2.45) is 0 Å². The fraction of sp³-hybridized carbons (Fsp3) is 0.143. The molecule has 2 aliphatic rings. The van der Waals surface area contributed by atoms with Crippen molar-refractivity contribution >= 4 is 21.8 Å². The smallest absolute Gasteiger partial charge is 0.0541 e. The van der Waals surface area contributed by atoms with Gasteiger partial charge in [0.05, 0.1) is 11.0 Å². The van der Waals surface area contributed by atoms with E-state index in [1.165, 1.54) is 99.8 Å². The highest BCUT2D eigenvalue weighted by molar-refractivity contribution is 6.10. The molecule has 1 unspecified atom stereocenters. The quantitative estimate of drug-likeness (QED) is 0.160. The first kappa shape index (κ1) is 33.9. The van der Waals surface area contributed by atoms with Crippen molar-refractivity contribution in [1.82, 2.24) is 4.57 Å². The first-order valence-electron chi connectivity index (χ1n) is 20.4. The van der Waals surface area contributed by atoms with Crippen LogP contribution in [0.15, 0.2) is 182 Å². The number of fused-ring (bicyclic) bond motifs is 9. The van der Waals surface area contributed by atoms with Gasteiger partial charge in [0.2, 0.25) is 0 Å². The van der Waals surface area contributed by atoms with Gasteiger partial charge in [-0.3, -0.25) is 0 Å². The minimum Gasteiger partial charge on any atom is -0.309 e. The molecule has 274 valence electrons. The van der Waals surface area contributed by atoms with Crippen LogP contribution in [0, 0.1) is 0 Å². The summed E-state index contributed by atoms with van der Waals surface area (Å²) in [6.07, 6.45) is 0.921. The van der Waals surface area contributed by atoms with Gasteiger partial charge in [0.1, 0.15) is 0 Å². The van der Waals surface area contributed by atoms with E-state index in [9.17, 15) is 0 Å². The van der Waals surface area contributed by atoms with Crippen LogP contribution in [0.5, 0.6) is 0 Å². The normalized spacial score (nSPS) is 14.9. The van der Waals surface area contributed by atoms with E-state index < -0.39 is 0 Å². The average molecular weight is 732 g/mol. The number of hydrogen-bond donors (Lipinski definition) is 0. The van der Waals surface area contributed by atoms with Crippen molar-refractivity contribution in [2.75, 3.05) is 0 Å². The minimum atomic E-state index is -0.0176. The molecular weight excluding hydrogens is 687 g/mol. The molecule has 1 aromatic heterocycles.